The van der Waals surface area contributed by atoms with Crippen molar-refractivity contribution < 1.29 is 18.1 Å². The largest absolute Gasteiger partial charge is 0.411 e. The normalized spacial score (nSPS) is 16.8. The third-order valence-corrected chi connectivity index (χ3v) is 2.75. The van der Waals surface area contributed by atoms with E-state index in [1.807, 2.05) is 0 Å². The number of alkyl halides is 3. The number of halogens is 3. The van der Waals surface area contributed by atoms with Crippen LogP contribution < -0.4 is 0 Å². The zero-order valence-electron chi connectivity index (χ0n) is 9.63. The van der Waals surface area contributed by atoms with Crippen LogP contribution in [0.15, 0.2) is 11.9 Å². The predicted octanol–water partition coefficient (Wildman–Crippen LogP) is 2.79. The molecule has 0 spiro atoms. The number of allylic oxidation sites excluding steroid dienone is 1. The summed E-state index contributed by atoms with van der Waals surface area (Å²) in [6.45, 7) is 3.55. The average molecular weight is 240 g/mol. The Kier molecular flexibility index (Phi) is 4.34. The molecule has 0 aliphatic heterocycles. The van der Waals surface area contributed by atoms with Crippen LogP contribution in [0, 0.1) is 10.1 Å². The van der Waals surface area contributed by atoms with Crippen molar-refractivity contribution in [1.29, 1.82) is 0 Å². The van der Waals surface area contributed by atoms with Crippen molar-refractivity contribution in [2.24, 2.45) is 0 Å². The van der Waals surface area contributed by atoms with E-state index in [2.05, 4.69) is 0 Å². The molecule has 94 valence electrons. The van der Waals surface area contributed by atoms with Gasteiger partial charge in [0.05, 0.1) is 11.1 Å². The van der Waals surface area contributed by atoms with Crippen LogP contribution in [0.1, 0.15) is 27.2 Å². The second-order valence-electron chi connectivity index (χ2n) is 3.76. The van der Waals surface area contributed by atoms with E-state index < -0.39 is 16.6 Å². The van der Waals surface area contributed by atoms with Gasteiger partial charge >= 0.3 is 6.18 Å². The van der Waals surface area contributed by atoms with Gasteiger partial charge in [0, 0.05) is 14.0 Å². The van der Waals surface area contributed by atoms with Crippen LogP contribution in [-0.4, -0.2) is 28.6 Å². The van der Waals surface area contributed by atoms with Crippen molar-refractivity contribution in [3.63, 3.8) is 0 Å². The highest BCUT2D eigenvalue weighted by Gasteiger charge is 2.52. The number of hydrogen-bond donors (Lipinski definition) is 0. The lowest BCUT2D eigenvalue weighted by molar-refractivity contribution is -0.425. The van der Waals surface area contributed by atoms with Gasteiger partial charge in [0.2, 0.25) is 0 Å². The molecule has 0 rings (SSSR count). The highest BCUT2D eigenvalue weighted by Crippen LogP contribution is 2.37. The molecule has 0 aromatic heterocycles. The number of nitrogens with zero attached hydrogens (tertiary/aromatic N) is 2. The lowest BCUT2D eigenvalue weighted by Gasteiger charge is -2.38. The van der Waals surface area contributed by atoms with Crippen LogP contribution in [0.25, 0.3) is 0 Å². The van der Waals surface area contributed by atoms with Gasteiger partial charge in [0.25, 0.3) is 5.70 Å². The summed E-state index contributed by atoms with van der Waals surface area (Å²) < 4.78 is 38.3. The first-order chi connectivity index (χ1) is 7.06. The molecule has 0 aromatic rings. The molecule has 1 atom stereocenters. The maximum absolute atomic E-state index is 12.8. The van der Waals surface area contributed by atoms with E-state index in [1.165, 1.54) is 14.0 Å². The van der Waals surface area contributed by atoms with E-state index in [0.29, 0.717) is 0 Å². The van der Waals surface area contributed by atoms with Crippen LogP contribution in [0.5, 0.6) is 0 Å². The lowest BCUT2D eigenvalue weighted by Crippen LogP contribution is -2.52. The molecule has 1 unspecified atom stereocenters. The topological polar surface area (TPSA) is 46.4 Å². The zero-order valence-corrected chi connectivity index (χ0v) is 9.63. The molecule has 0 bridgehead atoms. The van der Waals surface area contributed by atoms with Gasteiger partial charge in [-0.15, -0.1) is 0 Å². The fourth-order valence-corrected chi connectivity index (χ4v) is 1.12. The summed E-state index contributed by atoms with van der Waals surface area (Å²) in [7, 11) is 1.18. The van der Waals surface area contributed by atoms with E-state index in [4.69, 9.17) is 0 Å². The highest BCUT2D eigenvalue weighted by atomic mass is 19.4. The fourth-order valence-electron chi connectivity index (χ4n) is 1.12. The van der Waals surface area contributed by atoms with Crippen LogP contribution in [0.2, 0.25) is 0 Å². The van der Waals surface area contributed by atoms with Crippen molar-refractivity contribution in [3.8, 4) is 0 Å². The Morgan fingerprint density at radius 3 is 2.19 bits per heavy atom. The average Bonchev–Trinajstić information content (AvgIpc) is 2.14. The molecule has 4 nitrogen and oxygen atoms in total. The van der Waals surface area contributed by atoms with Crippen LogP contribution in [0.4, 0.5) is 13.2 Å². The van der Waals surface area contributed by atoms with E-state index >= 15 is 0 Å². The molecule has 0 N–H and O–H groups in total. The third-order valence-electron chi connectivity index (χ3n) is 2.75. The van der Waals surface area contributed by atoms with E-state index in [0.717, 1.165) is 24.9 Å². The Morgan fingerprint density at radius 2 is 1.94 bits per heavy atom. The molecule has 7 heteroatoms. The van der Waals surface area contributed by atoms with Gasteiger partial charge in [-0.3, -0.25) is 10.1 Å². The highest BCUT2D eigenvalue weighted by molar-refractivity contribution is 4.98. The minimum Gasteiger partial charge on any atom is -0.361 e. The smallest absolute Gasteiger partial charge is 0.361 e. The number of rotatable bonds is 4. The third kappa shape index (κ3) is 2.86. The molecule has 0 heterocycles. The first-order valence-electron chi connectivity index (χ1n) is 4.68. The number of nitro groups is 1. The van der Waals surface area contributed by atoms with Gasteiger partial charge in [-0.2, -0.15) is 13.2 Å². The minimum atomic E-state index is -4.44. The fraction of sp³-hybridized carbons (Fsp3) is 0.778. The zero-order chi connectivity index (χ0) is 13.1. The summed E-state index contributed by atoms with van der Waals surface area (Å²) in [6, 6.07) is 0. The summed E-state index contributed by atoms with van der Waals surface area (Å²) >= 11 is 0. The molecule has 0 saturated carbocycles. The molecule has 0 aliphatic rings. The van der Waals surface area contributed by atoms with Gasteiger partial charge in [-0.1, -0.05) is 6.92 Å². The maximum atomic E-state index is 12.8. The summed E-state index contributed by atoms with van der Waals surface area (Å²) in [5, 5.41) is 10.3. The van der Waals surface area contributed by atoms with E-state index in [9.17, 15) is 23.3 Å². The van der Waals surface area contributed by atoms with Crippen LogP contribution in [0.3, 0.4) is 0 Å². The van der Waals surface area contributed by atoms with Crippen LogP contribution >= 0.6 is 0 Å². The van der Waals surface area contributed by atoms with Gasteiger partial charge in [0.15, 0.2) is 0 Å². The Labute approximate surface area is 91.9 Å². The van der Waals surface area contributed by atoms with Gasteiger partial charge in [-0.05, 0) is 13.3 Å². The Bertz CT molecular complexity index is 302. The maximum Gasteiger partial charge on any atom is 0.411 e. The Hall–Kier alpha value is -1.27. The van der Waals surface area contributed by atoms with Gasteiger partial charge < -0.3 is 4.90 Å². The first kappa shape index (κ1) is 14.7. The molecule has 0 aromatic carbocycles. The molecule has 0 fully saturated rings. The molecule has 16 heavy (non-hydrogen) atoms. The van der Waals surface area contributed by atoms with Crippen molar-refractivity contribution in [3.05, 3.63) is 22.0 Å². The van der Waals surface area contributed by atoms with Gasteiger partial charge in [0.1, 0.15) is 5.54 Å². The molecule has 0 aliphatic carbocycles. The lowest BCUT2D eigenvalue weighted by atomic mass is 9.96. The summed E-state index contributed by atoms with van der Waals surface area (Å²) in [6.07, 6.45) is -3.73. The van der Waals surface area contributed by atoms with Crippen molar-refractivity contribution in [1.82, 2.24) is 4.90 Å². The summed E-state index contributed by atoms with van der Waals surface area (Å²) in [5.74, 6) is 0. The molecule has 0 amide bonds. The standard InChI is InChI=1S/C9H15F3N2O2/c1-5-8(3,9(10,11)12)13(4)6-7(2)14(15)16/h6H,5H2,1-4H3/b7-6+. The summed E-state index contributed by atoms with van der Waals surface area (Å²) in [5.41, 5.74) is -2.42. The monoisotopic (exact) mass is 240 g/mol. The molecular formula is C9H15F3N2O2. The van der Waals surface area contributed by atoms with Gasteiger partial charge in [-0.25, -0.2) is 0 Å². The second-order valence-corrected chi connectivity index (χ2v) is 3.76. The van der Waals surface area contributed by atoms with Crippen molar-refractivity contribution in [2.45, 2.75) is 38.9 Å². The summed E-state index contributed by atoms with van der Waals surface area (Å²) in [4.78, 5) is 10.4. The first-order valence-corrected chi connectivity index (χ1v) is 4.68. The van der Waals surface area contributed by atoms with E-state index in [-0.39, 0.29) is 12.1 Å². The SMILES string of the molecule is CCC(C)(N(C)/C=C(\C)[N+](=O)[O-])C(F)(F)F. The van der Waals surface area contributed by atoms with Crippen molar-refractivity contribution >= 4 is 0 Å². The second kappa shape index (κ2) is 4.71. The Morgan fingerprint density at radius 1 is 1.50 bits per heavy atom. The van der Waals surface area contributed by atoms with E-state index in [1.54, 1.807) is 0 Å². The van der Waals surface area contributed by atoms with Crippen LogP contribution in [-0.2, 0) is 0 Å². The minimum absolute atomic E-state index is 0.186. The number of hydrogen-bond acceptors (Lipinski definition) is 3. The predicted molar refractivity (Wildman–Crippen MR) is 53.3 cm³/mol. The Balaban J connectivity index is 5.15. The molecule has 0 radical (unpaired) electrons. The molecule has 0 saturated heterocycles. The quantitative estimate of drug-likeness (QED) is 0.560. The molecular weight excluding hydrogens is 225 g/mol. The van der Waals surface area contributed by atoms with Crippen molar-refractivity contribution in [2.75, 3.05) is 7.05 Å².